The summed E-state index contributed by atoms with van der Waals surface area (Å²) in [5.41, 5.74) is 4.02. The van der Waals surface area contributed by atoms with Gasteiger partial charge in [-0.3, -0.25) is 9.36 Å². The van der Waals surface area contributed by atoms with E-state index >= 15 is 0 Å². The summed E-state index contributed by atoms with van der Waals surface area (Å²) in [7, 11) is 1.59. The highest BCUT2D eigenvalue weighted by Gasteiger charge is 2.18. The number of ether oxygens (including phenoxy) is 1. The maximum absolute atomic E-state index is 12.6. The van der Waals surface area contributed by atoms with Crippen molar-refractivity contribution in [3.63, 3.8) is 0 Å². The van der Waals surface area contributed by atoms with Gasteiger partial charge in [-0.15, -0.1) is 16.8 Å². The van der Waals surface area contributed by atoms with Crippen molar-refractivity contribution in [2.75, 3.05) is 18.2 Å². The van der Waals surface area contributed by atoms with Crippen LogP contribution in [0.4, 0.5) is 5.69 Å². The Morgan fingerprint density at radius 3 is 2.53 bits per heavy atom. The second-order valence-corrected chi connectivity index (χ2v) is 9.52. The lowest BCUT2D eigenvalue weighted by molar-refractivity contribution is -0.113. The van der Waals surface area contributed by atoms with Gasteiger partial charge in [0, 0.05) is 12.1 Å². The van der Waals surface area contributed by atoms with Crippen LogP contribution in [0.3, 0.4) is 0 Å². The number of anilines is 1. The minimum atomic E-state index is -0.136. The van der Waals surface area contributed by atoms with Crippen molar-refractivity contribution in [3.05, 3.63) is 66.2 Å². The number of aromatic nitrogens is 3. The smallest absolute Gasteiger partial charge is 0.234 e. The van der Waals surface area contributed by atoms with E-state index in [-0.39, 0.29) is 17.1 Å². The van der Waals surface area contributed by atoms with Crippen molar-refractivity contribution in [2.45, 2.75) is 44.8 Å². The molecule has 7 heteroatoms. The Labute approximate surface area is 194 Å². The van der Waals surface area contributed by atoms with Crippen LogP contribution in [-0.2, 0) is 16.8 Å². The summed E-state index contributed by atoms with van der Waals surface area (Å²) in [6.07, 6.45) is 1.80. The van der Waals surface area contributed by atoms with Gasteiger partial charge >= 0.3 is 0 Å². The molecule has 32 heavy (non-hydrogen) atoms. The van der Waals surface area contributed by atoms with Crippen molar-refractivity contribution in [3.8, 4) is 17.1 Å². The lowest BCUT2D eigenvalue weighted by atomic mass is 9.87. The molecule has 0 saturated carbocycles. The van der Waals surface area contributed by atoms with Gasteiger partial charge in [-0.25, -0.2) is 0 Å². The third-order valence-corrected chi connectivity index (χ3v) is 5.97. The average molecular weight is 451 g/mol. The Balaban J connectivity index is 1.75. The van der Waals surface area contributed by atoms with E-state index in [0.717, 1.165) is 17.0 Å². The van der Waals surface area contributed by atoms with Crippen LogP contribution < -0.4 is 10.1 Å². The molecule has 1 heterocycles. The first-order chi connectivity index (χ1) is 15.2. The number of benzene rings is 2. The molecule has 0 aliphatic rings. The van der Waals surface area contributed by atoms with Crippen LogP contribution in [0.15, 0.2) is 60.3 Å². The quantitative estimate of drug-likeness (QED) is 0.364. The van der Waals surface area contributed by atoms with Crippen molar-refractivity contribution in [1.82, 2.24) is 14.8 Å². The van der Waals surface area contributed by atoms with E-state index in [9.17, 15) is 4.79 Å². The van der Waals surface area contributed by atoms with Crippen molar-refractivity contribution < 1.29 is 9.53 Å². The zero-order valence-corrected chi connectivity index (χ0v) is 20.1. The molecule has 1 N–H and O–H groups in total. The van der Waals surface area contributed by atoms with E-state index in [0.29, 0.717) is 23.1 Å². The van der Waals surface area contributed by atoms with Crippen LogP contribution in [0.25, 0.3) is 11.4 Å². The fourth-order valence-electron chi connectivity index (χ4n) is 3.26. The molecule has 0 spiro atoms. The molecule has 168 valence electrons. The predicted octanol–water partition coefficient (Wildman–Crippen LogP) is 5.48. The average Bonchev–Trinajstić information content (AvgIpc) is 3.15. The van der Waals surface area contributed by atoms with Crippen LogP contribution in [0.2, 0.25) is 0 Å². The molecule has 0 aliphatic carbocycles. The van der Waals surface area contributed by atoms with Gasteiger partial charge in [-0.2, -0.15) is 0 Å². The van der Waals surface area contributed by atoms with Crippen LogP contribution in [0.5, 0.6) is 5.75 Å². The number of allylic oxidation sites excluding steroid dienone is 1. The number of rotatable bonds is 8. The monoisotopic (exact) mass is 450 g/mol. The molecule has 0 bridgehead atoms. The number of nitrogens with zero attached hydrogens (tertiary/aromatic N) is 3. The van der Waals surface area contributed by atoms with E-state index in [1.54, 1.807) is 13.2 Å². The molecule has 1 aromatic heterocycles. The van der Waals surface area contributed by atoms with E-state index in [2.05, 4.69) is 67.1 Å². The third kappa shape index (κ3) is 5.59. The second-order valence-electron chi connectivity index (χ2n) is 8.57. The molecule has 0 atom stereocenters. The second kappa shape index (κ2) is 10.0. The number of carbonyl (C=O) groups is 1. The van der Waals surface area contributed by atoms with E-state index in [4.69, 9.17) is 4.74 Å². The lowest BCUT2D eigenvalue weighted by Crippen LogP contribution is -2.15. The van der Waals surface area contributed by atoms with Crippen molar-refractivity contribution in [2.24, 2.45) is 0 Å². The van der Waals surface area contributed by atoms with Gasteiger partial charge in [-0.05, 0) is 35.6 Å². The number of hydrogen-bond donors (Lipinski definition) is 1. The van der Waals surface area contributed by atoms with Gasteiger partial charge in [0.1, 0.15) is 5.75 Å². The molecule has 0 fully saturated rings. The lowest BCUT2D eigenvalue weighted by Gasteiger charge is -2.19. The number of aryl methyl sites for hydroxylation is 1. The highest BCUT2D eigenvalue weighted by molar-refractivity contribution is 7.99. The van der Waals surface area contributed by atoms with Gasteiger partial charge in [0.2, 0.25) is 5.91 Å². The number of thioether (sulfide) groups is 1. The number of amides is 1. The molecule has 3 rings (SSSR count). The summed E-state index contributed by atoms with van der Waals surface area (Å²) in [4.78, 5) is 12.6. The Morgan fingerprint density at radius 2 is 1.91 bits per heavy atom. The largest absolute Gasteiger partial charge is 0.495 e. The first-order valence-corrected chi connectivity index (χ1v) is 11.4. The maximum atomic E-state index is 12.6. The molecular weight excluding hydrogens is 420 g/mol. The fraction of sp³-hybridized carbons (Fsp3) is 0.320. The third-order valence-electron chi connectivity index (χ3n) is 5.00. The van der Waals surface area contributed by atoms with Crippen LogP contribution >= 0.6 is 11.8 Å². The Morgan fingerprint density at radius 1 is 1.19 bits per heavy atom. The summed E-state index contributed by atoms with van der Waals surface area (Å²) in [5, 5.41) is 12.3. The molecular formula is C25H30N4O2S. The van der Waals surface area contributed by atoms with Crippen molar-refractivity contribution in [1.29, 1.82) is 0 Å². The standard InChI is InChI=1S/C25H30N4O2S/c1-7-14-29-23(18-9-11-19(12-10-18)25(3,4)5)27-28-24(29)32-16-22(30)26-20-15-17(2)8-13-21(20)31-6/h7-13,15H,1,14,16H2,2-6H3,(H,26,30). The molecule has 3 aromatic rings. The number of hydrogen-bond acceptors (Lipinski definition) is 5. The summed E-state index contributed by atoms with van der Waals surface area (Å²) in [6, 6.07) is 14.0. The zero-order valence-electron chi connectivity index (χ0n) is 19.3. The minimum absolute atomic E-state index is 0.0850. The SMILES string of the molecule is C=CCn1c(SCC(=O)Nc2cc(C)ccc2OC)nnc1-c1ccc(C(C)(C)C)cc1. The van der Waals surface area contributed by atoms with Crippen LogP contribution in [0.1, 0.15) is 31.9 Å². The normalized spacial score (nSPS) is 11.3. The van der Waals surface area contributed by atoms with Crippen molar-refractivity contribution >= 4 is 23.4 Å². The van der Waals surface area contributed by atoms with Crippen LogP contribution in [0, 0.1) is 6.92 Å². The van der Waals surface area contributed by atoms with Gasteiger partial charge in [0.15, 0.2) is 11.0 Å². The molecule has 0 aliphatic heterocycles. The van der Waals surface area contributed by atoms with Crippen LogP contribution in [-0.4, -0.2) is 33.5 Å². The van der Waals surface area contributed by atoms with Gasteiger partial charge in [0.25, 0.3) is 0 Å². The first kappa shape index (κ1) is 23.6. The fourth-order valence-corrected chi connectivity index (χ4v) is 4.01. The van der Waals surface area contributed by atoms with E-state index in [1.807, 2.05) is 29.7 Å². The van der Waals surface area contributed by atoms with Gasteiger partial charge < -0.3 is 10.1 Å². The number of nitrogens with one attached hydrogen (secondary N) is 1. The molecule has 0 unspecified atom stereocenters. The van der Waals surface area contributed by atoms with E-state index < -0.39 is 0 Å². The molecule has 0 saturated heterocycles. The molecule has 0 radical (unpaired) electrons. The Bertz CT molecular complexity index is 1100. The summed E-state index contributed by atoms with van der Waals surface area (Å²) >= 11 is 1.34. The highest BCUT2D eigenvalue weighted by Crippen LogP contribution is 2.29. The molecule has 1 amide bonds. The van der Waals surface area contributed by atoms with Gasteiger partial charge in [0.05, 0.1) is 18.6 Å². The predicted molar refractivity (Wildman–Crippen MR) is 131 cm³/mol. The maximum Gasteiger partial charge on any atom is 0.234 e. The minimum Gasteiger partial charge on any atom is -0.495 e. The number of carbonyl (C=O) groups excluding carboxylic acids is 1. The Kier molecular flexibility index (Phi) is 7.40. The molecule has 6 nitrogen and oxygen atoms in total. The van der Waals surface area contributed by atoms with E-state index in [1.165, 1.54) is 17.3 Å². The first-order valence-electron chi connectivity index (χ1n) is 10.4. The summed E-state index contributed by atoms with van der Waals surface area (Å²) < 4.78 is 7.31. The molecule has 2 aromatic carbocycles. The topological polar surface area (TPSA) is 69.0 Å². The summed E-state index contributed by atoms with van der Waals surface area (Å²) in [5.74, 6) is 1.46. The summed E-state index contributed by atoms with van der Waals surface area (Å²) in [6.45, 7) is 12.9. The Hall–Kier alpha value is -3.06. The number of methoxy groups -OCH3 is 1. The van der Waals surface area contributed by atoms with Gasteiger partial charge in [-0.1, -0.05) is 68.9 Å². The highest BCUT2D eigenvalue weighted by atomic mass is 32.2. The zero-order chi connectivity index (χ0) is 23.3.